The molecule has 0 spiro atoms. The van der Waals surface area contributed by atoms with Crippen LogP contribution in [0.15, 0.2) is 38.9 Å². The van der Waals surface area contributed by atoms with Crippen LogP contribution in [0.3, 0.4) is 0 Å². The lowest BCUT2D eigenvalue weighted by molar-refractivity contribution is -0.160. The fraction of sp³-hybridized carbons (Fsp3) is 0.400. The topological polar surface area (TPSA) is 147 Å². The number of carboxylic acids is 1. The van der Waals surface area contributed by atoms with Crippen molar-refractivity contribution >= 4 is 64.2 Å². The molecule has 1 saturated heterocycles. The minimum atomic E-state index is -1.27. The predicted molar refractivity (Wildman–Crippen MR) is 125 cm³/mol. The number of nitrogens with zero attached hydrogens (tertiary/aromatic N) is 3. The number of amides is 2. The Morgan fingerprint density at radius 2 is 2.15 bits per heavy atom. The SMILES string of the molecule is CC(C)(C)OC(=O)CON=C(C(=O)NC1C(=O)N2C(C(=O)O)=C(/C=C/Cl)CS[C@@H]12)c1cscn1. The smallest absolute Gasteiger partial charge is 0.352 e. The fourth-order valence-corrected chi connectivity index (χ4v) is 5.12. The van der Waals surface area contributed by atoms with Crippen molar-refractivity contribution < 1.29 is 33.9 Å². The van der Waals surface area contributed by atoms with E-state index >= 15 is 0 Å². The third-order valence-electron chi connectivity index (χ3n) is 4.40. The fourth-order valence-electron chi connectivity index (χ4n) is 3.11. The van der Waals surface area contributed by atoms with Crippen LogP contribution in [0.2, 0.25) is 0 Å². The summed E-state index contributed by atoms with van der Waals surface area (Å²) >= 11 is 8.08. The van der Waals surface area contributed by atoms with E-state index in [-0.39, 0.29) is 22.9 Å². The number of oxime groups is 1. The van der Waals surface area contributed by atoms with E-state index in [2.05, 4.69) is 15.5 Å². The van der Waals surface area contributed by atoms with Crippen molar-refractivity contribution in [2.24, 2.45) is 5.16 Å². The normalized spacial score (nSPS) is 20.6. The molecular weight excluding hydrogens is 508 g/mol. The average Bonchev–Trinajstić information content (AvgIpc) is 3.27. The largest absolute Gasteiger partial charge is 0.477 e. The number of thiazole rings is 1. The number of hydrogen-bond acceptors (Lipinski definition) is 10. The van der Waals surface area contributed by atoms with Gasteiger partial charge < -0.3 is 20.0 Å². The van der Waals surface area contributed by atoms with Crippen LogP contribution < -0.4 is 5.32 Å². The summed E-state index contributed by atoms with van der Waals surface area (Å²) in [6.45, 7) is 4.57. The minimum Gasteiger partial charge on any atom is -0.477 e. The molecule has 182 valence electrons. The third kappa shape index (κ3) is 5.77. The van der Waals surface area contributed by atoms with Gasteiger partial charge in [-0.05, 0) is 32.4 Å². The van der Waals surface area contributed by atoms with E-state index in [0.717, 1.165) is 4.90 Å². The van der Waals surface area contributed by atoms with Gasteiger partial charge in [0.25, 0.3) is 11.8 Å². The summed E-state index contributed by atoms with van der Waals surface area (Å²) in [7, 11) is 0. The number of hydrogen-bond donors (Lipinski definition) is 2. The van der Waals surface area contributed by atoms with Crippen LogP contribution in [-0.2, 0) is 28.8 Å². The maximum Gasteiger partial charge on any atom is 0.352 e. The number of allylic oxidation sites excluding steroid dienone is 1. The van der Waals surface area contributed by atoms with Gasteiger partial charge in [-0.15, -0.1) is 23.1 Å². The van der Waals surface area contributed by atoms with Crippen molar-refractivity contribution in [1.29, 1.82) is 0 Å². The van der Waals surface area contributed by atoms with E-state index in [9.17, 15) is 24.3 Å². The highest BCUT2D eigenvalue weighted by atomic mass is 35.5. The van der Waals surface area contributed by atoms with Gasteiger partial charge in [-0.1, -0.05) is 16.8 Å². The van der Waals surface area contributed by atoms with Crippen molar-refractivity contribution in [1.82, 2.24) is 15.2 Å². The molecule has 3 rings (SSSR count). The number of halogens is 1. The molecule has 2 N–H and O–H groups in total. The second-order valence-electron chi connectivity index (χ2n) is 8.01. The molecule has 0 aliphatic carbocycles. The summed E-state index contributed by atoms with van der Waals surface area (Å²) in [6.07, 6.45) is 1.42. The standard InChI is InChI=1S/C20H21ClN4O7S2/c1-20(2,3)32-12(26)6-31-24-13(11-8-33-9-22-11)16(27)23-14-17(28)25-15(19(29)30)10(4-5-21)7-34-18(14)25/h4-5,8-9,14,18H,6-7H2,1-3H3,(H,23,27)(H,29,30)/b5-4+,24-13?/t14?,18-/m0/s1. The van der Waals surface area contributed by atoms with E-state index in [1.807, 2.05) is 0 Å². The molecule has 1 fully saturated rings. The molecule has 34 heavy (non-hydrogen) atoms. The number of fused-ring (bicyclic) bond motifs is 1. The molecule has 1 aromatic rings. The zero-order chi connectivity index (χ0) is 25.0. The number of nitrogens with one attached hydrogen (secondary N) is 1. The summed E-state index contributed by atoms with van der Waals surface area (Å²) in [5.41, 5.74) is 2.11. The first-order valence-electron chi connectivity index (χ1n) is 9.82. The van der Waals surface area contributed by atoms with Crippen LogP contribution in [-0.4, -0.2) is 73.8 Å². The molecule has 14 heteroatoms. The summed E-state index contributed by atoms with van der Waals surface area (Å²) in [6, 6.07) is -0.983. The predicted octanol–water partition coefficient (Wildman–Crippen LogP) is 1.70. The summed E-state index contributed by atoms with van der Waals surface area (Å²) < 4.78 is 5.12. The Morgan fingerprint density at radius 3 is 2.74 bits per heavy atom. The maximum atomic E-state index is 12.9. The Kier molecular flexibility index (Phi) is 8.00. The summed E-state index contributed by atoms with van der Waals surface area (Å²) in [5.74, 6) is -3.00. The van der Waals surface area contributed by atoms with E-state index in [4.69, 9.17) is 21.2 Å². The van der Waals surface area contributed by atoms with Crippen molar-refractivity contribution in [3.8, 4) is 0 Å². The number of ether oxygens (including phenoxy) is 1. The monoisotopic (exact) mass is 528 g/mol. The van der Waals surface area contributed by atoms with Crippen LogP contribution in [0.1, 0.15) is 26.5 Å². The Labute approximate surface area is 207 Å². The van der Waals surface area contributed by atoms with Gasteiger partial charge in [0.15, 0.2) is 5.71 Å². The van der Waals surface area contributed by atoms with Crippen molar-refractivity contribution in [3.63, 3.8) is 0 Å². The van der Waals surface area contributed by atoms with Crippen LogP contribution in [0.4, 0.5) is 0 Å². The summed E-state index contributed by atoms with van der Waals surface area (Å²) in [5, 5.41) is 16.8. The molecule has 0 bridgehead atoms. The minimum absolute atomic E-state index is 0.176. The first kappa shape index (κ1) is 25.7. The number of thioether (sulfide) groups is 1. The lowest BCUT2D eigenvalue weighted by Gasteiger charge is -2.49. The van der Waals surface area contributed by atoms with Gasteiger partial charge in [-0.2, -0.15) is 0 Å². The average molecular weight is 529 g/mol. The van der Waals surface area contributed by atoms with E-state index in [1.54, 1.807) is 26.2 Å². The number of rotatable bonds is 8. The van der Waals surface area contributed by atoms with Crippen LogP contribution in [0.25, 0.3) is 0 Å². The molecule has 2 atom stereocenters. The molecule has 2 aliphatic heterocycles. The van der Waals surface area contributed by atoms with Gasteiger partial charge in [0.2, 0.25) is 6.61 Å². The molecule has 2 aliphatic rings. The first-order valence-corrected chi connectivity index (χ1v) is 12.3. The van der Waals surface area contributed by atoms with E-state index in [0.29, 0.717) is 5.57 Å². The van der Waals surface area contributed by atoms with E-state index in [1.165, 1.54) is 40.2 Å². The highest BCUT2D eigenvalue weighted by Gasteiger charge is 2.54. The number of β-lactam (4-membered cyclic amide) rings is 1. The Hall–Kier alpha value is -2.90. The molecular formula is C20H21ClN4O7S2. The Balaban J connectivity index is 1.73. The number of carbonyl (C=O) groups is 4. The maximum absolute atomic E-state index is 12.9. The zero-order valence-corrected chi connectivity index (χ0v) is 20.7. The van der Waals surface area contributed by atoms with Gasteiger partial charge in [0.1, 0.15) is 28.4 Å². The highest BCUT2D eigenvalue weighted by molar-refractivity contribution is 8.00. The van der Waals surface area contributed by atoms with Gasteiger partial charge in [0, 0.05) is 16.7 Å². The van der Waals surface area contributed by atoms with Gasteiger partial charge in [-0.3, -0.25) is 14.5 Å². The number of aromatic nitrogens is 1. The molecule has 1 unspecified atom stereocenters. The van der Waals surface area contributed by atoms with E-state index < -0.39 is 47.4 Å². The zero-order valence-electron chi connectivity index (χ0n) is 18.3. The molecule has 0 saturated carbocycles. The Morgan fingerprint density at radius 1 is 1.41 bits per heavy atom. The highest BCUT2D eigenvalue weighted by Crippen LogP contribution is 2.40. The number of carboxylic acid groups (broad SMARTS) is 1. The van der Waals surface area contributed by atoms with Gasteiger partial charge in [0.05, 0.1) is 5.51 Å². The van der Waals surface area contributed by atoms with Gasteiger partial charge in [-0.25, -0.2) is 14.6 Å². The molecule has 11 nitrogen and oxygen atoms in total. The number of aliphatic carboxylic acids is 1. The quantitative estimate of drug-likeness (QED) is 0.222. The summed E-state index contributed by atoms with van der Waals surface area (Å²) in [4.78, 5) is 59.4. The number of carbonyl (C=O) groups excluding carboxylic acids is 3. The molecule has 2 amide bonds. The van der Waals surface area contributed by atoms with Crippen molar-refractivity contribution in [2.45, 2.75) is 37.8 Å². The van der Waals surface area contributed by atoms with Crippen molar-refractivity contribution in [3.05, 3.63) is 39.5 Å². The van der Waals surface area contributed by atoms with Crippen molar-refractivity contribution in [2.75, 3.05) is 12.4 Å². The third-order valence-corrected chi connectivity index (χ3v) is 6.41. The first-order chi connectivity index (χ1) is 16.0. The van der Waals surface area contributed by atoms with Crippen LogP contribution in [0, 0.1) is 0 Å². The van der Waals surface area contributed by atoms with Gasteiger partial charge >= 0.3 is 11.9 Å². The molecule has 3 heterocycles. The lowest BCUT2D eigenvalue weighted by Crippen LogP contribution is -2.71. The number of esters is 1. The lowest BCUT2D eigenvalue weighted by atomic mass is 10.0. The molecule has 1 aromatic heterocycles. The molecule has 0 radical (unpaired) electrons. The second-order valence-corrected chi connectivity index (χ2v) is 10.1. The molecule has 0 aromatic carbocycles. The van der Waals surface area contributed by atoms with Crippen LogP contribution in [0.5, 0.6) is 0 Å². The second kappa shape index (κ2) is 10.6. The van der Waals surface area contributed by atoms with Crippen LogP contribution >= 0.6 is 34.7 Å². The Bertz CT molecular complexity index is 1080.